The largest absolute Gasteiger partial charge is 0.375 e. The molecule has 0 amide bonds. The maximum atomic E-state index is 5.62. The average molecular weight is 141 g/mol. The number of hydrogen-bond acceptors (Lipinski definition) is 2. The third-order valence-corrected chi connectivity index (χ3v) is 2.54. The quantitative estimate of drug-likeness (QED) is 0.541. The van der Waals surface area contributed by atoms with E-state index in [9.17, 15) is 0 Å². The molecule has 58 valence electrons. The summed E-state index contributed by atoms with van der Waals surface area (Å²) in [5.41, 5.74) is 0. The molecule has 0 radical (unpaired) electrons. The molecule has 2 rings (SSSR count). The molecular formula is C8H15NO. The number of ether oxygens (including phenoxy) is 1. The standard InChI is InChI=1S/C8H15NO/c1-2-4-8-7(3-1)9-5-6-10-8/h7-9H,1-6H2/t7-,8+/m1/s1. The zero-order chi connectivity index (χ0) is 6.81. The molecule has 0 aromatic heterocycles. The fraction of sp³-hybridized carbons (Fsp3) is 1.00. The summed E-state index contributed by atoms with van der Waals surface area (Å²) in [6, 6.07) is 0.683. The number of rotatable bonds is 0. The van der Waals surface area contributed by atoms with Crippen LogP contribution in [0.3, 0.4) is 0 Å². The van der Waals surface area contributed by atoms with Crippen LogP contribution < -0.4 is 5.32 Å². The zero-order valence-electron chi connectivity index (χ0n) is 6.31. The number of morpholine rings is 1. The molecule has 0 spiro atoms. The van der Waals surface area contributed by atoms with E-state index in [0.29, 0.717) is 12.1 Å². The van der Waals surface area contributed by atoms with Gasteiger partial charge in [-0.05, 0) is 12.8 Å². The van der Waals surface area contributed by atoms with E-state index in [1.807, 2.05) is 0 Å². The van der Waals surface area contributed by atoms with Crippen molar-refractivity contribution in [2.45, 2.75) is 37.8 Å². The molecule has 1 saturated heterocycles. The van der Waals surface area contributed by atoms with Gasteiger partial charge in [0.05, 0.1) is 12.7 Å². The fourth-order valence-electron chi connectivity index (χ4n) is 1.98. The smallest absolute Gasteiger partial charge is 0.0728 e. The van der Waals surface area contributed by atoms with Gasteiger partial charge in [-0.2, -0.15) is 0 Å². The molecule has 0 unspecified atom stereocenters. The summed E-state index contributed by atoms with van der Waals surface area (Å²) < 4.78 is 5.62. The molecule has 2 atom stereocenters. The van der Waals surface area contributed by atoms with Crippen LogP contribution in [0.15, 0.2) is 0 Å². The molecule has 0 aromatic carbocycles. The summed E-state index contributed by atoms with van der Waals surface area (Å²) in [5.74, 6) is 0. The van der Waals surface area contributed by atoms with Crippen LogP contribution in [0.1, 0.15) is 25.7 Å². The topological polar surface area (TPSA) is 21.3 Å². The third-order valence-electron chi connectivity index (χ3n) is 2.54. The normalized spacial score (nSPS) is 40.8. The molecule has 2 nitrogen and oxygen atoms in total. The van der Waals surface area contributed by atoms with E-state index < -0.39 is 0 Å². The Labute approximate surface area is 61.9 Å². The summed E-state index contributed by atoms with van der Waals surface area (Å²) in [7, 11) is 0. The number of hydrogen-bond donors (Lipinski definition) is 1. The molecule has 2 fully saturated rings. The van der Waals surface area contributed by atoms with Crippen molar-refractivity contribution < 1.29 is 4.74 Å². The first kappa shape index (κ1) is 6.62. The maximum Gasteiger partial charge on any atom is 0.0728 e. The molecule has 1 aliphatic heterocycles. The van der Waals surface area contributed by atoms with Crippen LogP contribution >= 0.6 is 0 Å². The van der Waals surface area contributed by atoms with Crippen LogP contribution in [0, 0.1) is 0 Å². The Bertz CT molecular complexity index is 89.8. The Morgan fingerprint density at radius 1 is 1.20 bits per heavy atom. The van der Waals surface area contributed by atoms with Gasteiger partial charge < -0.3 is 10.1 Å². The highest BCUT2D eigenvalue weighted by Crippen LogP contribution is 2.22. The lowest BCUT2D eigenvalue weighted by Gasteiger charge is -2.36. The molecular weight excluding hydrogens is 126 g/mol. The van der Waals surface area contributed by atoms with Crippen molar-refractivity contribution in [1.29, 1.82) is 0 Å². The number of nitrogens with one attached hydrogen (secondary N) is 1. The number of fused-ring (bicyclic) bond motifs is 1. The molecule has 0 bridgehead atoms. The van der Waals surface area contributed by atoms with Crippen LogP contribution in [-0.4, -0.2) is 25.3 Å². The first-order valence-electron chi connectivity index (χ1n) is 4.32. The van der Waals surface area contributed by atoms with Crippen molar-refractivity contribution in [2.24, 2.45) is 0 Å². The molecule has 0 aromatic rings. The Balaban J connectivity index is 1.93. The van der Waals surface area contributed by atoms with Gasteiger partial charge in [0, 0.05) is 12.6 Å². The molecule has 2 aliphatic rings. The van der Waals surface area contributed by atoms with Crippen molar-refractivity contribution in [2.75, 3.05) is 13.2 Å². The predicted octanol–water partition coefficient (Wildman–Crippen LogP) is 0.917. The Hall–Kier alpha value is -0.0800. The van der Waals surface area contributed by atoms with Gasteiger partial charge in [-0.3, -0.25) is 0 Å². The fourth-order valence-corrected chi connectivity index (χ4v) is 1.98. The maximum absolute atomic E-state index is 5.62. The Morgan fingerprint density at radius 3 is 3.00 bits per heavy atom. The Kier molecular flexibility index (Phi) is 1.91. The van der Waals surface area contributed by atoms with Crippen LogP contribution in [0.25, 0.3) is 0 Å². The van der Waals surface area contributed by atoms with Gasteiger partial charge in [0.2, 0.25) is 0 Å². The predicted molar refractivity (Wildman–Crippen MR) is 40.0 cm³/mol. The van der Waals surface area contributed by atoms with Crippen LogP contribution in [-0.2, 0) is 4.74 Å². The first-order chi connectivity index (χ1) is 4.97. The second kappa shape index (κ2) is 2.89. The van der Waals surface area contributed by atoms with E-state index in [0.717, 1.165) is 13.2 Å². The van der Waals surface area contributed by atoms with Gasteiger partial charge in [-0.15, -0.1) is 0 Å². The first-order valence-corrected chi connectivity index (χ1v) is 4.32. The van der Waals surface area contributed by atoms with E-state index in [4.69, 9.17) is 4.74 Å². The highest BCUT2D eigenvalue weighted by molar-refractivity contribution is 4.84. The van der Waals surface area contributed by atoms with Crippen LogP contribution in [0.5, 0.6) is 0 Å². The van der Waals surface area contributed by atoms with Crippen LogP contribution in [0.4, 0.5) is 0 Å². The van der Waals surface area contributed by atoms with E-state index >= 15 is 0 Å². The van der Waals surface area contributed by atoms with Gasteiger partial charge in [0.25, 0.3) is 0 Å². The summed E-state index contributed by atoms with van der Waals surface area (Å²) in [6.45, 7) is 1.97. The van der Waals surface area contributed by atoms with Gasteiger partial charge in [-0.25, -0.2) is 0 Å². The van der Waals surface area contributed by atoms with E-state index in [1.54, 1.807) is 0 Å². The minimum absolute atomic E-state index is 0.544. The van der Waals surface area contributed by atoms with E-state index in [1.165, 1.54) is 25.7 Å². The van der Waals surface area contributed by atoms with E-state index in [2.05, 4.69) is 5.32 Å². The lowest BCUT2D eigenvalue weighted by atomic mass is 9.92. The van der Waals surface area contributed by atoms with Crippen molar-refractivity contribution >= 4 is 0 Å². The van der Waals surface area contributed by atoms with Crippen molar-refractivity contribution in [3.8, 4) is 0 Å². The van der Waals surface area contributed by atoms with Gasteiger partial charge >= 0.3 is 0 Å². The molecule has 1 N–H and O–H groups in total. The Morgan fingerprint density at radius 2 is 2.10 bits per heavy atom. The highest BCUT2D eigenvalue weighted by Gasteiger charge is 2.27. The molecule has 2 heteroatoms. The van der Waals surface area contributed by atoms with Crippen molar-refractivity contribution in [3.63, 3.8) is 0 Å². The average Bonchev–Trinajstić information content (AvgIpc) is 2.05. The molecule has 10 heavy (non-hydrogen) atoms. The summed E-state index contributed by atoms with van der Waals surface area (Å²) in [6.07, 6.45) is 5.89. The van der Waals surface area contributed by atoms with Gasteiger partial charge in [-0.1, -0.05) is 12.8 Å². The monoisotopic (exact) mass is 141 g/mol. The summed E-state index contributed by atoms with van der Waals surface area (Å²) >= 11 is 0. The van der Waals surface area contributed by atoms with Crippen molar-refractivity contribution in [3.05, 3.63) is 0 Å². The van der Waals surface area contributed by atoms with Crippen LogP contribution in [0.2, 0.25) is 0 Å². The highest BCUT2D eigenvalue weighted by atomic mass is 16.5. The third kappa shape index (κ3) is 1.18. The van der Waals surface area contributed by atoms with E-state index in [-0.39, 0.29) is 0 Å². The van der Waals surface area contributed by atoms with Gasteiger partial charge in [0.1, 0.15) is 0 Å². The van der Waals surface area contributed by atoms with Crippen molar-refractivity contribution in [1.82, 2.24) is 5.32 Å². The van der Waals surface area contributed by atoms with Gasteiger partial charge in [0.15, 0.2) is 0 Å². The minimum Gasteiger partial charge on any atom is -0.375 e. The second-order valence-electron chi connectivity index (χ2n) is 3.25. The SMILES string of the molecule is C1CC[C@H]2NCCO[C@H]2C1. The summed E-state index contributed by atoms with van der Waals surface area (Å²) in [4.78, 5) is 0. The lowest BCUT2D eigenvalue weighted by Crippen LogP contribution is -2.49. The minimum atomic E-state index is 0.544. The second-order valence-corrected chi connectivity index (χ2v) is 3.25. The zero-order valence-corrected chi connectivity index (χ0v) is 6.31. The molecule has 1 aliphatic carbocycles. The summed E-state index contributed by atoms with van der Waals surface area (Å²) in [5, 5.41) is 3.50. The molecule has 1 saturated carbocycles. The molecule has 1 heterocycles. The lowest BCUT2D eigenvalue weighted by molar-refractivity contribution is -0.0235.